The first-order valence-electron chi connectivity index (χ1n) is 12.9. The van der Waals surface area contributed by atoms with E-state index >= 15 is 0 Å². The molecule has 0 aliphatic carbocycles. The maximum Gasteiger partial charge on any atom is 0.254 e. The second-order valence-corrected chi connectivity index (χ2v) is 22.3. The van der Waals surface area contributed by atoms with E-state index in [2.05, 4.69) is 68.1 Å². The zero-order valence-corrected chi connectivity index (χ0v) is 25.3. The van der Waals surface area contributed by atoms with Crippen LogP contribution in [0.3, 0.4) is 0 Å². The van der Waals surface area contributed by atoms with Crippen molar-refractivity contribution in [3.05, 3.63) is 35.5 Å². The zero-order valence-electron chi connectivity index (χ0n) is 23.3. The van der Waals surface area contributed by atoms with Gasteiger partial charge in [-0.3, -0.25) is 9.48 Å². The lowest BCUT2D eigenvalue weighted by Crippen LogP contribution is -2.28. The topological polar surface area (TPSA) is 101 Å². The van der Waals surface area contributed by atoms with Crippen LogP contribution in [-0.4, -0.2) is 58.4 Å². The number of aromatic nitrogens is 2. The molecule has 1 aliphatic rings. The summed E-state index contributed by atoms with van der Waals surface area (Å²) in [6, 6.07) is 6.81. The molecule has 1 fully saturated rings. The van der Waals surface area contributed by atoms with E-state index < -0.39 is 22.1 Å². The van der Waals surface area contributed by atoms with Gasteiger partial charge in [0.25, 0.3) is 5.91 Å². The summed E-state index contributed by atoms with van der Waals surface area (Å²) in [5.74, 6) is 4.24. The third-order valence-corrected chi connectivity index (χ3v) is 8.69. The summed E-state index contributed by atoms with van der Waals surface area (Å²) in [4.78, 5) is 12.2. The predicted molar refractivity (Wildman–Crippen MR) is 154 cm³/mol. The number of anilines is 2. The Bertz CT molecular complexity index is 1140. The largest absolute Gasteiger partial charge is 0.466 e. The van der Waals surface area contributed by atoms with Crippen LogP contribution in [0.2, 0.25) is 45.3 Å². The predicted octanol–water partition coefficient (Wildman–Crippen LogP) is 5.24. The summed E-state index contributed by atoms with van der Waals surface area (Å²) in [6.07, 6.45) is 2.66. The first-order chi connectivity index (χ1) is 17.3. The highest BCUT2D eigenvalue weighted by atomic mass is 28.3. The molecule has 2 atom stereocenters. The SMILES string of the molecule is C[C@H]1CCOCC1n1cc(C(N)=O)c(Nc2ccc(OCOCC[Si](C)(C)C)c(C#C[Si](C)(C)C)c2)n1. The Balaban J connectivity index is 1.82. The van der Waals surface area contributed by atoms with Crippen LogP contribution in [0.1, 0.15) is 35.3 Å². The van der Waals surface area contributed by atoms with Crippen molar-refractivity contribution in [2.75, 3.05) is 31.9 Å². The molecule has 202 valence electrons. The van der Waals surface area contributed by atoms with Gasteiger partial charge in [0.1, 0.15) is 19.4 Å². The molecule has 1 aliphatic heterocycles. The first kappa shape index (κ1) is 29.0. The molecule has 2 aromatic rings. The molecular weight excluding hydrogens is 500 g/mol. The Morgan fingerprint density at radius 1 is 1.27 bits per heavy atom. The normalized spacial score (nSPS) is 18.1. The van der Waals surface area contributed by atoms with E-state index in [1.54, 1.807) is 10.9 Å². The quantitative estimate of drug-likeness (QED) is 0.184. The summed E-state index contributed by atoms with van der Waals surface area (Å²) in [6.45, 7) is 17.9. The summed E-state index contributed by atoms with van der Waals surface area (Å²) in [7, 11) is -2.77. The summed E-state index contributed by atoms with van der Waals surface area (Å²) in [5.41, 5.74) is 10.9. The van der Waals surface area contributed by atoms with E-state index in [0.29, 0.717) is 36.3 Å². The highest BCUT2D eigenvalue weighted by Crippen LogP contribution is 2.30. The third-order valence-electron chi connectivity index (χ3n) is 6.11. The molecule has 0 spiro atoms. The number of nitrogens with two attached hydrogens (primary N) is 1. The molecule has 1 saturated heterocycles. The smallest absolute Gasteiger partial charge is 0.254 e. The van der Waals surface area contributed by atoms with E-state index in [-0.39, 0.29) is 12.8 Å². The molecular formula is C27H42N4O4Si2. The van der Waals surface area contributed by atoms with E-state index in [4.69, 9.17) is 19.9 Å². The maximum absolute atomic E-state index is 12.2. The van der Waals surface area contributed by atoms with Crippen LogP contribution in [0, 0.1) is 17.4 Å². The van der Waals surface area contributed by atoms with E-state index in [1.807, 2.05) is 18.2 Å². The summed E-state index contributed by atoms with van der Waals surface area (Å²) >= 11 is 0. The van der Waals surface area contributed by atoms with Crippen LogP contribution in [0.25, 0.3) is 0 Å². The fraction of sp³-hybridized carbons (Fsp3) is 0.556. The van der Waals surface area contributed by atoms with Crippen LogP contribution < -0.4 is 15.8 Å². The van der Waals surface area contributed by atoms with Crippen molar-refractivity contribution in [2.45, 2.75) is 64.7 Å². The minimum atomic E-state index is -1.62. The van der Waals surface area contributed by atoms with Crippen molar-refractivity contribution in [1.82, 2.24) is 9.78 Å². The Morgan fingerprint density at radius 2 is 2.03 bits per heavy atom. The van der Waals surface area contributed by atoms with Crippen molar-refractivity contribution in [3.63, 3.8) is 0 Å². The van der Waals surface area contributed by atoms with Crippen LogP contribution >= 0.6 is 0 Å². The van der Waals surface area contributed by atoms with Crippen molar-refractivity contribution in [3.8, 4) is 17.2 Å². The van der Waals surface area contributed by atoms with Gasteiger partial charge >= 0.3 is 0 Å². The van der Waals surface area contributed by atoms with Crippen molar-refractivity contribution in [2.24, 2.45) is 11.7 Å². The monoisotopic (exact) mass is 542 g/mol. The number of carbonyl (C=O) groups is 1. The van der Waals surface area contributed by atoms with Gasteiger partial charge in [-0.15, -0.1) is 5.54 Å². The lowest BCUT2D eigenvalue weighted by Gasteiger charge is -2.28. The third kappa shape index (κ3) is 9.03. The molecule has 8 nitrogen and oxygen atoms in total. The van der Waals surface area contributed by atoms with Gasteiger partial charge in [0.05, 0.1) is 18.2 Å². The minimum absolute atomic E-state index is 0.0531. The number of amides is 1. The molecule has 1 aromatic carbocycles. The Hall–Kier alpha value is -2.59. The number of hydrogen-bond donors (Lipinski definition) is 2. The number of primary amides is 1. The Kier molecular flexibility index (Phi) is 9.64. The van der Waals surface area contributed by atoms with Crippen LogP contribution in [0.5, 0.6) is 5.75 Å². The van der Waals surface area contributed by atoms with Crippen LogP contribution in [-0.2, 0) is 9.47 Å². The lowest BCUT2D eigenvalue weighted by molar-refractivity contribution is 0.0219. The molecule has 0 saturated carbocycles. The van der Waals surface area contributed by atoms with Gasteiger partial charge in [-0.25, -0.2) is 0 Å². The number of nitrogens with zero attached hydrogens (tertiary/aromatic N) is 2. The number of nitrogens with one attached hydrogen (secondary N) is 1. The van der Waals surface area contributed by atoms with Crippen LogP contribution in [0.15, 0.2) is 24.4 Å². The Labute approximate surface area is 223 Å². The van der Waals surface area contributed by atoms with Crippen molar-refractivity contribution < 1.29 is 19.0 Å². The summed E-state index contributed by atoms with van der Waals surface area (Å²) in [5, 5.41) is 7.95. The number of ether oxygens (including phenoxy) is 3. The number of hydrogen-bond acceptors (Lipinski definition) is 6. The van der Waals surface area contributed by atoms with Gasteiger partial charge in [-0.05, 0) is 36.6 Å². The van der Waals surface area contributed by atoms with Gasteiger partial charge in [0, 0.05) is 33.2 Å². The average molecular weight is 543 g/mol. The molecule has 10 heteroatoms. The zero-order chi connectivity index (χ0) is 27.2. The molecule has 0 bridgehead atoms. The molecule has 1 aromatic heterocycles. The second kappa shape index (κ2) is 12.3. The molecule has 3 rings (SSSR count). The van der Waals surface area contributed by atoms with Gasteiger partial charge in [0.2, 0.25) is 0 Å². The van der Waals surface area contributed by atoms with E-state index in [1.165, 1.54) is 0 Å². The number of carbonyl (C=O) groups excluding carboxylic acids is 1. The molecule has 2 heterocycles. The number of benzene rings is 1. The van der Waals surface area contributed by atoms with Gasteiger partial charge < -0.3 is 25.3 Å². The highest BCUT2D eigenvalue weighted by molar-refractivity contribution is 6.83. The lowest BCUT2D eigenvalue weighted by atomic mass is 9.97. The molecule has 37 heavy (non-hydrogen) atoms. The van der Waals surface area contributed by atoms with Gasteiger partial charge in [-0.1, -0.05) is 52.1 Å². The first-order valence-corrected chi connectivity index (χ1v) is 20.1. The van der Waals surface area contributed by atoms with E-state index in [0.717, 1.165) is 30.3 Å². The molecule has 0 radical (unpaired) electrons. The van der Waals surface area contributed by atoms with Crippen molar-refractivity contribution >= 4 is 33.6 Å². The fourth-order valence-corrected chi connectivity index (χ4v) is 5.03. The Morgan fingerprint density at radius 3 is 2.68 bits per heavy atom. The number of rotatable bonds is 10. The standard InChI is InChI=1S/C27H42N4O4Si2/c1-20-10-12-33-18-24(20)31-17-23(26(28)32)27(30-31)29-22-8-9-25(21(16-22)11-14-36(2,3)4)35-19-34-13-15-37(5,6)7/h8-9,16-17,20,24H,10,12-13,15,18-19H2,1-7H3,(H2,28,32)(H,29,30)/t20-,24?/m0/s1. The molecule has 1 unspecified atom stereocenters. The average Bonchev–Trinajstić information content (AvgIpc) is 3.21. The fourth-order valence-electron chi connectivity index (χ4n) is 3.77. The van der Waals surface area contributed by atoms with Gasteiger partial charge in [0.15, 0.2) is 12.6 Å². The van der Waals surface area contributed by atoms with Crippen LogP contribution in [0.4, 0.5) is 11.5 Å². The summed E-state index contributed by atoms with van der Waals surface area (Å²) < 4.78 is 19.1. The molecule has 1 amide bonds. The second-order valence-electron chi connectivity index (χ2n) is 12.0. The molecule has 3 N–H and O–H groups in total. The van der Waals surface area contributed by atoms with E-state index in [9.17, 15) is 4.79 Å². The van der Waals surface area contributed by atoms with Gasteiger partial charge in [-0.2, -0.15) is 5.10 Å². The highest BCUT2D eigenvalue weighted by Gasteiger charge is 2.26. The minimum Gasteiger partial charge on any atom is -0.466 e. The van der Waals surface area contributed by atoms with Crippen molar-refractivity contribution in [1.29, 1.82) is 0 Å². The maximum atomic E-state index is 12.2.